The van der Waals surface area contributed by atoms with Crippen LogP contribution in [0.15, 0.2) is 12.2 Å². The summed E-state index contributed by atoms with van der Waals surface area (Å²) in [7, 11) is 0. The summed E-state index contributed by atoms with van der Waals surface area (Å²) in [6, 6.07) is 0. The van der Waals surface area contributed by atoms with Gasteiger partial charge >= 0.3 is 0 Å². The highest BCUT2D eigenvalue weighted by atomic mass is 16.3. The third kappa shape index (κ3) is 3.91. The zero-order valence-electron chi connectivity index (χ0n) is 8.64. The molecule has 2 atom stereocenters. The van der Waals surface area contributed by atoms with Crippen LogP contribution in [0.5, 0.6) is 0 Å². The Morgan fingerprint density at radius 2 is 2.00 bits per heavy atom. The van der Waals surface area contributed by atoms with Crippen molar-refractivity contribution in [3.05, 3.63) is 12.2 Å². The molecule has 72 valence electrons. The first-order valence-electron chi connectivity index (χ1n) is 4.96. The fourth-order valence-electron chi connectivity index (χ4n) is 1.45. The molecule has 0 radical (unpaired) electrons. The third-order valence-corrected chi connectivity index (χ3v) is 2.40. The minimum atomic E-state index is -0.290. The van der Waals surface area contributed by atoms with Gasteiger partial charge in [-0.15, -0.1) is 0 Å². The second-order valence-electron chi connectivity index (χ2n) is 3.60. The Kier molecular flexibility index (Phi) is 6.09. The van der Waals surface area contributed by atoms with Crippen LogP contribution in [0.4, 0.5) is 0 Å². The first-order valence-corrected chi connectivity index (χ1v) is 4.96. The molecule has 0 spiro atoms. The molecule has 0 saturated carbocycles. The van der Waals surface area contributed by atoms with Crippen molar-refractivity contribution in [2.45, 2.75) is 52.6 Å². The predicted molar refractivity (Wildman–Crippen MR) is 54.1 cm³/mol. The van der Waals surface area contributed by atoms with Crippen molar-refractivity contribution in [2.75, 3.05) is 0 Å². The van der Waals surface area contributed by atoms with E-state index in [0.29, 0.717) is 5.92 Å². The van der Waals surface area contributed by atoms with Crippen LogP contribution in [0.25, 0.3) is 0 Å². The highest BCUT2D eigenvalue weighted by Gasteiger charge is 2.16. The van der Waals surface area contributed by atoms with Gasteiger partial charge in [0.1, 0.15) is 0 Å². The minimum Gasteiger partial charge on any atom is -0.388 e. The van der Waals surface area contributed by atoms with E-state index in [2.05, 4.69) is 20.4 Å². The lowest BCUT2D eigenvalue weighted by Crippen LogP contribution is -2.20. The average molecular weight is 170 g/mol. The van der Waals surface area contributed by atoms with Crippen molar-refractivity contribution in [1.82, 2.24) is 0 Å². The molecule has 0 aromatic heterocycles. The summed E-state index contributed by atoms with van der Waals surface area (Å²) in [5.74, 6) is 0.419. The Hall–Kier alpha value is -0.300. The van der Waals surface area contributed by atoms with E-state index in [-0.39, 0.29) is 6.10 Å². The molecule has 0 aromatic carbocycles. The summed E-state index contributed by atoms with van der Waals surface area (Å²) >= 11 is 0. The number of aliphatic hydroxyl groups excluding tert-OH is 1. The van der Waals surface area contributed by atoms with Crippen LogP contribution in [0.1, 0.15) is 46.5 Å². The molecule has 0 fully saturated rings. The molecule has 1 heteroatoms. The maximum atomic E-state index is 9.71. The van der Waals surface area contributed by atoms with Gasteiger partial charge in [0, 0.05) is 0 Å². The van der Waals surface area contributed by atoms with E-state index in [1.165, 1.54) is 12.8 Å². The van der Waals surface area contributed by atoms with Gasteiger partial charge in [0.15, 0.2) is 0 Å². The Morgan fingerprint density at radius 3 is 2.33 bits per heavy atom. The molecule has 12 heavy (non-hydrogen) atoms. The SMILES string of the molecule is C=C(C)C(O)C(CC)CCCC. The monoisotopic (exact) mass is 170 g/mol. The maximum absolute atomic E-state index is 9.71. The van der Waals surface area contributed by atoms with Crippen LogP contribution in [0.3, 0.4) is 0 Å². The molecule has 0 saturated heterocycles. The fraction of sp³-hybridized carbons (Fsp3) is 0.818. The lowest BCUT2D eigenvalue weighted by molar-refractivity contribution is 0.131. The molecule has 0 aliphatic carbocycles. The summed E-state index contributed by atoms with van der Waals surface area (Å²) in [6.45, 7) is 10.00. The summed E-state index contributed by atoms with van der Waals surface area (Å²) in [5, 5.41) is 9.71. The highest BCUT2D eigenvalue weighted by Crippen LogP contribution is 2.20. The van der Waals surface area contributed by atoms with Gasteiger partial charge in [-0.2, -0.15) is 0 Å². The van der Waals surface area contributed by atoms with Crippen LogP contribution in [-0.4, -0.2) is 11.2 Å². The zero-order valence-corrected chi connectivity index (χ0v) is 8.64. The van der Waals surface area contributed by atoms with Crippen molar-refractivity contribution in [3.8, 4) is 0 Å². The zero-order chi connectivity index (χ0) is 9.56. The van der Waals surface area contributed by atoms with E-state index in [1.54, 1.807) is 0 Å². The summed E-state index contributed by atoms with van der Waals surface area (Å²) < 4.78 is 0. The van der Waals surface area contributed by atoms with Gasteiger partial charge in [0.25, 0.3) is 0 Å². The summed E-state index contributed by atoms with van der Waals surface area (Å²) in [6.07, 6.45) is 4.30. The number of aliphatic hydroxyl groups is 1. The number of hydrogen-bond acceptors (Lipinski definition) is 1. The molecule has 1 N–H and O–H groups in total. The molecule has 0 bridgehead atoms. The number of unbranched alkanes of at least 4 members (excludes halogenated alkanes) is 1. The fourth-order valence-corrected chi connectivity index (χ4v) is 1.45. The summed E-state index contributed by atoms with van der Waals surface area (Å²) in [4.78, 5) is 0. The molecular formula is C11H22O. The molecule has 2 unspecified atom stereocenters. The van der Waals surface area contributed by atoms with E-state index >= 15 is 0 Å². The minimum absolute atomic E-state index is 0.290. The molecule has 0 rings (SSSR count). The smallest absolute Gasteiger partial charge is 0.0772 e. The lowest BCUT2D eigenvalue weighted by atomic mass is 9.90. The van der Waals surface area contributed by atoms with Gasteiger partial charge in [0.05, 0.1) is 6.10 Å². The first-order chi connectivity index (χ1) is 5.63. The van der Waals surface area contributed by atoms with Crippen molar-refractivity contribution in [1.29, 1.82) is 0 Å². The van der Waals surface area contributed by atoms with E-state index in [0.717, 1.165) is 18.4 Å². The second-order valence-corrected chi connectivity index (χ2v) is 3.60. The Bertz CT molecular complexity index is 129. The van der Waals surface area contributed by atoms with Gasteiger partial charge < -0.3 is 5.11 Å². The molecule has 1 nitrogen and oxygen atoms in total. The van der Waals surface area contributed by atoms with Crippen molar-refractivity contribution in [3.63, 3.8) is 0 Å². The first kappa shape index (κ1) is 11.7. The van der Waals surface area contributed by atoms with Crippen molar-refractivity contribution >= 4 is 0 Å². The van der Waals surface area contributed by atoms with E-state index in [1.807, 2.05) is 6.92 Å². The van der Waals surface area contributed by atoms with E-state index in [4.69, 9.17) is 0 Å². The largest absolute Gasteiger partial charge is 0.388 e. The van der Waals surface area contributed by atoms with Crippen LogP contribution in [0, 0.1) is 5.92 Å². The van der Waals surface area contributed by atoms with Crippen LogP contribution in [0.2, 0.25) is 0 Å². The topological polar surface area (TPSA) is 20.2 Å². The Balaban J connectivity index is 3.87. The lowest BCUT2D eigenvalue weighted by Gasteiger charge is -2.21. The van der Waals surface area contributed by atoms with Crippen LogP contribution >= 0.6 is 0 Å². The van der Waals surface area contributed by atoms with Gasteiger partial charge in [-0.05, 0) is 19.3 Å². The van der Waals surface area contributed by atoms with Gasteiger partial charge in [-0.1, -0.05) is 45.3 Å². The molecular weight excluding hydrogens is 148 g/mol. The third-order valence-electron chi connectivity index (χ3n) is 2.40. The van der Waals surface area contributed by atoms with Crippen LogP contribution in [-0.2, 0) is 0 Å². The van der Waals surface area contributed by atoms with Crippen molar-refractivity contribution in [2.24, 2.45) is 5.92 Å². The average Bonchev–Trinajstić information content (AvgIpc) is 2.05. The van der Waals surface area contributed by atoms with Gasteiger partial charge in [0.2, 0.25) is 0 Å². The number of hydrogen-bond donors (Lipinski definition) is 1. The van der Waals surface area contributed by atoms with E-state index < -0.39 is 0 Å². The molecule has 0 aliphatic heterocycles. The quantitative estimate of drug-likeness (QED) is 0.607. The van der Waals surface area contributed by atoms with Crippen LogP contribution < -0.4 is 0 Å². The molecule has 0 aliphatic rings. The summed E-state index contributed by atoms with van der Waals surface area (Å²) in [5.41, 5.74) is 0.901. The molecule has 0 heterocycles. The molecule has 0 amide bonds. The molecule has 0 aromatic rings. The second kappa shape index (κ2) is 6.24. The highest BCUT2D eigenvalue weighted by molar-refractivity contribution is 4.99. The number of rotatable bonds is 6. The maximum Gasteiger partial charge on any atom is 0.0772 e. The van der Waals surface area contributed by atoms with E-state index in [9.17, 15) is 5.11 Å². The Morgan fingerprint density at radius 1 is 1.42 bits per heavy atom. The standard InChI is InChI=1S/C11H22O/c1-5-7-8-10(6-2)11(12)9(3)4/h10-12H,3,5-8H2,1-2,4H3. The predicted octanol–water partition coefficient (Wildman–Crippen LogP) is 3.14. The van der Waals surface area contributed by atoms with Crippen molar-refractivity contribution < 1.29 is 5.11 Å². The normalized spacial score (nSPS) is 15.7. The van der Waals surface area contributed by atoms with Gasteiger partial charge in [-0.25, -0.2) is 0 Å². The van der Waals surface area contributed by atoms with Gasteiger partial charge in [-0.3, -0.25) is 0 Å². The Labute approximate surface area is 76.5 Å².